The van der Waals surface area contributed by atoms with Crippen LogP contribution in [0.2, 0.25) is 0 Å². The van der Waals surface area contributed by atoms with Gasteiger partial charge in [0, 0.05) is 12.2 Å². The Kier molecular flexibility index (Phi) is 5.87. The Morgan fingerprint density at radius 2 is 1.89 bits per heavy atom. The van der Waals surface area contributed by atoms with E-state index in [1.54, 1.807) is 0 Å². The van der Waals surface area contributed by atoms with E-state index < -0.39 is 5.41 Å². The number of ether oxygens (including phenoxy) is 1. The largest absolute Gasteiger partial charge is 0.469 e. The smallest absolute Gasteiger partial charge is 0.313 e. The van der Waals surface area contributed by atoms with Crippen molar-refractivity contribution in [3.8, 4) is 0 Å². The predicted octanol–water partition coefficient (Wildman–Crippen LogP) is 3.64. The lowest BCUT2D eigenvalue weighted by Crippen LogP contribution is -2.33. The first-order valence-electron chi connectivity index (χ1n) is 6.91. The summed E-state index contributed by atoms with van der Waals surface area (Å²) in [6.45, 7) is 6.52. The summed E-state index contributed by atoms with van der Waals surface area (Å²) in [6.07, 6.45) is 3.57. The maximum atomic E-state index is 11.6. The number of esters is 1. The van der Waals surface area contributed by atoms with Gasteiger partial charge in [-0.1, -0.05) is 25.5 Å². The van der Waals surface area contributed by atoms with Crippen LogP contribution in [0.1, 0.15) is 39.2 Å². The number of benzene rings is 1. The quantitative estimate of drug-likeness (QED) is 0.763. The average Bonchev–Trinajstić information content (AvgIpc) is 2.43. The van der Waals surface area contributed by atoms with Crippen LogP contribution in [0, 0.1) is 5.41 Å². The zero-order valence-corrected chi connectivity index (χ0v) is 12.5. The van der Waals surface area contributed by atoms with Crippen molar-refractivity contribution in [2.24, 2.45) is 5.41 Å². The van der Waals surface area contributed by atoms with E-state index >= 15 is 0 Å². The summed E-state index contributed by atoms with van der Waals surface area (Å²) in [5.41, 5.74) is 1.88. The molecule has 0 radical (unpaired) electrons. The maximum absolute atomic E-state index is 11.6. The van der Waals surface area contributed by atoms with Crippen LogP contribution in [0.25, 0.3) is 0 Å². The van der Waals surface area contributed by atoms with Crippen LogP contribution in [0.5, 0.6) is 0 Å². The number of rotatable bonds is 7. The molecule has 0 saturated heterocycles. The molecule has 0 aromatic heterocycles. The van der Waals surface area contributed by atoms with E-state index in [1.165, 1.54) is 25.5 Å². The minimum atomic E-state index is -0.518. The van der Waals surface area contributed by atoms with Gasteiger partial charge in [-0.05, 0) is 44.4 Å². The van der Waals surface area contributed by atoms with E-state index in [0.29, 0.717) is 6.54 Å². The molecule has 19 heavy (non-hydrogen) atoms. The molecule has 0 aliphatic heterocycles. The number of hydrogen-bond donors (Lipinski definition) is 1. The highest BCUT2D eigenvalue weighted by Gasteiger charge is 2.28. The highest BCUT2D eigenvalue weighted by atomic mass is 16.5. The predicted molar refractivity (Wildman–Crippen MR) is 79.3 cm³/mol. The van der Waals surface area contributed by atoms with Crippen molar-refractivity contribution in [3.63, 3.8) is 0 Å². The lowest BCUT2D eigenvalue weighted by molar-refractivity contribution is -0.149. The minimum absolute atomic E-state index is 0.195. The monoisotopic (exact) mass is 263 g/mol. The zero-order chi connectivity index (χ0) is 14.3. The number of anilines is 1. The van der Waals surface area contributed by atoms with Gasteiger partial charge in [-0.15, -0.1) is 0 Å². The third kappa shape index (κ3) is 4.93. The normalized spacial score (nSPS) is 11.2. The van der Waals surface area contributed by atoms with Gasteiger partial charge >= 0.3 is 5.97 Å². The van der Waals surface area contributed by atoms with Crippen molar-refractivity contribution in [2.75, 3.05) is 19.0 Å². The van der Waals surface area contributed by atoms with Crippen molar-refractivity contribution in [1.29, 1.82) is 0 Å². The Balaban J connectivity index is 2.52. The molecule has 3 nitrogen and oxygen atoms in total. The second-order valence-electron chi connectivity index (χ2n) is 5.53. The minimum Gasteiger partial charge on any atom is -0.469 e. The average molecular weight is 263 g/mol. The summed E-state index contributed by atoms with van der Waals surface area (Å²) in [5.74, 6) is -0.195. The number of unbranched alkanes of at least 4 members (excludes halogenated alkanes) is 1. The van der Waals surface area contributed by atoms with Crippen molar-refractivity contribution >= 4 is 11.7 Å². The fourth-order valence-corrected chi connectivity index (χ4v) is 1.84. The molecular weight excluding hydrogens is 238 g/mol. The molecule has 0 heterocycles. The summed E-state index contributed by atoms with van der Waals surface area (Å²) in [6, 6.07) is 8.42. The second kappa shape index (κ2) is 7.17. The van der Waals surface area contributed by atoms with Gasteiger partial charge in [0.15, 0.2) is 0 Å². The van der Waals surface area contributed by atoms with Crippen molar-refractivity contribution in [2.45, 2.75) is 40.0 Å². The molecule has 0 fully saturated rings. The van der Waals surface area contributed by atoms with Gasteiger partial charge in [-0.25, -0.2) is 0 Å². The van der Waals surface area contributed by atoms with E-state index in [2.05, 4.69) is 36.5 Å². The molecule has 0 amide bonds. The molecule has 1 N–H and O–H groups in total. The van der Waals surface area contributed by atoms with Crippen LogP contribution in [0.15, 0.2) is 24.3 Å². The topological polar surface area (TPSA) is 38.3 Å². The standard InChI is InChI=1S/C16H25NO2/c1-5-6-7-13-8-10-14(11-9-13)17-12-16(2,3)15(18)19-4/h8-11,17H,5-7,12H2,1-4H3. The molecule has 3 heteroatoms. The number of carbonyl (C=O) groups excluding carboxylic acids is 1. The summed E-state index contributed by atoms with van der Waals surface area (Å²) in [4.78, 5) is 11.6. The van der Waals surface area contributed by atoms with Gasteiger partial charge in [0.1, 0.15) is 0 Å². The Hall–Kier alpha value is -1.51. The SMILES string of the molecule is CCCCc1ccc(NCC(C)(C)C(=O)OC)cc1. The summed E-state index contributed by atoms with van der Waals surface area (Å²) in [7, 11) is 1.42. The van der Waals surface area contributed by atoms with Gasteiger partial charge in [0.05, 0.1) is 12.5 Å². The van der Waals surface area contributed by atoms with Gasteiger partial charge in [-0.2, -0.15) is 0 Å². The molecule has 0 atom stereocenters. The molecule has 0 unspecified atom stereocenters. The maximum Gasteiger partial charge on any atom is 0.313 e. The molecule has 0 aliphatic carbocycles. The van der Waals surface area contributed by atoms with Crippen LogP contribution in [0.3, 0.4) is 0 Å². The summed E-state index contributed by atoms with van der Waals surface area (Å²) < 4.78 is 4.79. The van der Waals surface area contributed by atoms with Crippen LogP contribution < -0.4 is 5.32 Å². The van der Waals surface area contributed by atoms with Crippen molar-refractivity contribution in [1.82, 2.24) is 0 Å². The van der Waals surface area contributed by atoms with E-state index in [-0.39, 0.29) is 5.97 Å². The van der Waals surface area contributed by atoms with Gasteiger partial charge < -0.3 is 10.1 Å². The molecule has 1 rings (SSSR count). The van der Waals surface area contributed by atoms with Gasteiger partial charge in [-0.3, -0.25) is 4.79 Å². The first-order valence-corrected chi connectivity index (χ1v) is 6.91. The fourth-order valence-electron chi connectivity index (χ4n) is 1.84. The van der Waals surface area contributed by atoms with Crippen LogP contribution in [-0.4, -0.2) is 19.6 Å². The van der Waals surface area contributed by atoms with E-state index in [1.807, 2.05) is 13.8 Å². The Morgan fingerprint density at radius 3 is 2.42 bits per heavy atom. The molecule has 1 aromatic rings. The molecule has 1 aromatic carbocycles. The number of methoxy groups -OCH3 is 1. The lowest BCUT2D eigenvalue weighted by Gasteiger charge is -2.22. The van der Waals surface area contributed by atoms with Crippen LogP contribution >= 0.6 is 0 Å². The number of carbonyl (C=O) groups is 1. The zero-order valence-electron chi connectivity index (χ0n) is 12.5. The fraction of sp³-hybridized carbons (Fsp3) is 0.562. The Bertz CT molecular complexity index is 396. The molecule has 0 saturated carbocycles. The number of aryl methyl sites for hydroxylation is 1. The second-order valence-corrected chi connectivity index (χ2v) is 5.53. The van der Waals surface area contributed by atoms with E-state index in [0.717, 1.165) is 12.1 Å². The Labute approximate surface area is 116 Å². The van der Waals surface area contributed by atoms with Gasteiger partial charge in [0.25, 0.3) is 0 Å². The lowest BCUT2D eigenvalue weighted by atomic mass is 9.93. The van der Waals surface area contributed by atoms with E-state index in [9.17, 15) is 4.79 Å². The molecule has 0 spiro atoms. The highest BCUT2D eigenvalue weighted by Crippen LogP contribution is 2.19. The Morgan fingerprint density at radius 1 is 1.26 bits per heavy atom. The molecule has 106 valence electrons. The van der Waals surface area contributed by atoms with Gasteiger partial charge in [0.2, 0.25) is 0 Å². The van der Waals surface area contributed by atoms with Crippen molar-refractivity contribution < 1.29 is 9.53 Å². The first-order chi connectivity index (χ1) is 8.99. The van der Waals surface area contributed by atoms with Crippen LogP contribution in [-0.2, 0) is 16.0 Å². The first kappa shape index (κ1) is 15.5. The molecular formula is C16H25NO2. The number of hydrogen-bond acceptors (Lipinski definition) is 3. The summed E-state index contributed by atoms with van der Waals surface area (Å²) >= 11 is 0. The van der Waals surface area contributed by atoms with Crippen LogP contribution in [0.4, 0.5) is 5.69 Å². The molecule has 0 aliphatic rings. The van der Waals surface area contributed by atoms with E-state index in [4.69, 9.17) is 4.74 Å². The third-order valence-corrected chi connectivity index (χ3v) is 3.25. The summed E-state index contributed by atoms with van der Waals surface area (Å²) in [5, 5.41) is 3.28. The highest BCUT2D eigenvalue weighted by molar-refractivity contribution is 5.76. The number of nitrogens with one attached hydrogen (secondary N) is 1. The third-order valence-electron chi connectivity index (χ3n) is 3.25. The molecule has 0 bridgehead atoms. The van der Waals surface area contributed by atoms with Crippen molar-refractivity contribution in [3.05, 3.63) is 29.8 Å².